The number of benzene rings is 1. The van der Waals surface area contributed by atoms with Crippen molar-refractivity contribution in [3.8, 4) is 0 Å². The van der Waals surface area contributed by atoms with Crippen LogP contribution >= 0.6 is 0 Å². The Morgan fingerprint density at radius 2 is 1.71 bits per heavy atom. The van der Waals surface area contributed by atoms with E-state index >= 15 is 0 Å². The number of aromatic amines is 1. The van der Waals surface area contributed by atoms with E-state index in [2.05, 4.69) is 45.2 Å². The van der Waals surface area contributed by atoms with Gasteiger partial charge in [0, 0.05) is 16.6 Å². The van der Waals surface area contributed by atoms with E-state index in [0.29, 0.717) is 29.6 Å². The van der Waals surface area contributed by atoms with Crippen LogP contribution in [0.25, 0.3) is 10.9 Å². The van der Waals surface area contributed by atoms with Gasteiger partial charge in [0.2, 0.25) is 11.9 Å². The topological polar surface area (TPSA) is 83.6 Å². The highest BCUT2D eigenvalue weighted by Gasteiger charge is 2.10. The summed E-state index contributed by atoms with van der Waals surface area (Å²) in [6, 6.07) is 4.15. The van der Waals surface area contributed by atoms with Crippen LogP contribution in [0.4, 0.5) is 11.9 Å². The third kappa shape index (κ3) is 2.87. The molecule has 3 rings (SSSR count). The number of aromatic nitrogens is 4. The van der Waals surface area contributed by atoms with E-state index in [9.17, 15) is 4.79 Å². The monoisotopic (exact) mass is 323 g/mol. The van der Waals surface area contributed by atoms with Gasteiger partial charge in [0.15, 0.2) is 0 Å². The van der Waals surface area contributed by atoms with Crippen molar-refractivity contribution in [2.45, 2.75) is 41.0 Å². The van der Waals surface area contributed by atoms with Crippen molar-refractivity contribution in [1.29, 1.82) is 0 Å². The number of hydrogen-bond acceptors (Lipinski definition) is 5. The molecule has 124 valence electrons. The van der Waals surface area contributed by atoms with Gasteiger partial charge in [-0.15, -0.1) is 0 Å². The summed E-state index contributed by atoms with van der Waals surface area (Å²) < 4.78 is 0. The molecule has 24 heavy (non-hydrogen) atoms. The Labute approximate surface area is 140 Å². The first-order valence-electron chi connectivity index (χ1n) is 8.01. The summed E-state index contributed by atoms with van der Waals surface area (Å²) in [5.41, 5.74) is 5.44. The third-order valence-electron chi connectivity index (χ3n) is 4.31. The largest absolute Gasteiger partial charge is 0.294 e. The van der Waals surface area contributed by atoms with Crippen molar-refractivity contribution in [3.05, 3.63) is 50.6 Å². The molecule has 0 aliphatic heterocycles. The van der Waals surface area contributed by atoms with Gasteiger partial charge in [-0.25, -0.2) is 15.0 Å². The van der Waals surface area contributed by atoms with Crippen molar-refractivity contribution in [2.24, 2.45) is 0 Å². The first-order valence-corrected chi connectivity index (χ1v) is 8.01. The average Bonchev–Trinajstić information content (AvgIpc) is 2.49. The fourth-order valence-electron chi connectivity index (χ4n) is 2.79. The minimum absolute atomic E-state index is 0.128. The van der Waals surface area contributed by atoms with Gasteiger partial charge in [-0.2, -0.15) is 0 Å². The predicted molar refractivity (Wildman–Crippen MR) is 96.0 cm³/mol. The highest BCUT2D eigenvalue weighted by molar-refractivity contribution is 5.83. The number of H-pyrrole nitrogens is 1. The van der Waals surface area contributed by atoms with E-state index in [1.807, 2.05) is 26.8 Å². The molecule has 6 nitrogen and oxygen atoms in total. The summed E-state index contributed by atoms with van der Waals surface area (Å²) in [6.45, 7) is 9.86. The van der Waals surface area contributed by atoms with Crippen LogP contribution in [0.1, 0.15) is 35.0 Å². The molecule has 0 aliphatic rings. The van der Waals surface area contributed by atoms with Crippen molar-refractivity contribution in [3.63, 3.8) is 0 Å². The van der Waals surface area contributed by atoms with Gasteiger partial charge in [-0.3, -0.25) is 15.1 Å². The van der Waals surface area contributed by atoms with Gasteiger partial charge in [0.1, 0.15) is 0 Å². The standard InChI is InChI=1S/C18H21N5O/c1-6-13-11(4)19-18(22-16(13)24)23-17-20-12(5)14-7-9(2)10(3)8-15(14)21-17/h7-8H,6H2,1-5H3,(H2,19,20,21,22,23,24). The average molecular weight is 323 g/mol. The summed E-state index contributed by atoms with van der Waals surface area (Å²) >= 11 is 0. The SMILES string of the molecule is CCc1c(C)nc(Nc2nc(C)c3cc(C)c(C)cc3n2)[nH]c1=O. The summed E-state index contributed by atoms with van der Waals surface area (Å²) in [6.07, 6.45) is 0.651. The van der Waals surface area contributed by atoms with Crippen LogP contribution in [0.15, 0.2) is 16.9 Å². The maximum Gasteiger partial charge on any atom is 0.255 e. The minimum Gasteiger partial charge on any atom is -0.294 e. The molecule has 2 N–H and O–H groups in total. The second kappa shape index (κ2) is 6.03. The number of nitrogens with one attached hydrogen (secondary N) is 2. The molecule has 2 heterocycles. The molecule has 0 fully saturated rings. The maximum atomic E-state index is 12.1. The Kier molecular flexibility index (Phi) is 4.05. The van der Waals surface area contributed by atoms with Gasteiger partial charge in [-0.05, 0) is 57.4 Å². The van der Waals surface area contributed by atoms with E-state index in [1.54, 1.807) is 0 Å². The molecule has 0 radical (unpaired) electrons. The highest BCUT2D eigenvalue weighted by atomic mass is 16.1. The molecular weight excluding hydrogens is 302 g/mol. The number of aryl methyl sites for hydroxylation is 4. The van der Waals surface area contributed by atoms with Crippen LogP contribution in [0.3, 0.4) is 0 Å². The lowest BCUT2D eigenvalue weighted by molar-refractivity contribution is 0.961. The van der Waals surface area contributed by atoms with E-state index in [0.717, 1.165) is 16.6 Å². The molecule has 0 spiro atoms. The zero-order chi connectivity index (χ0) is 17.4. The molecule has 0 amide bonds. The number of fused-ring (bicyclic) bond motifs is 1. The summed E-state index contributed by atoms with van der Waals surface area (Å²) in [7, 11) is 0. The van der Waals surface area contributed by atoms with E-state index < -0.39 is 0 Å². The van der Waals surface area contributed by atoms with Crippen molar-refractivity contribution in [2.75, 3.05) is 5.32 Å². The summed E-state index contributed by atoms with van der Waals surface area (Å²) in [5.74, 6) is 0.785. The van der Waals surface area contributed by atoms with Crippen molar-refractivity contribution in [1.82, 2.24) is 19.9 Å². The van der Waals surface area contributed by atoms with Crippen LogP contribution in [0, 0.1) is 27.7 Å². The minimum atomic E-state index is -0.128. The van der Waals surface area contributed by atoms with Gasteiger partial charge >= 0.3 is 0 Å². The second-order valence-corrected chi connectivity index (χ2v) is 6.04. The first-order chi connectivity index (χ1) is 11.4. The first kappa shape index (κ1) is 16.1. The molecule has 1 aromatic carbocycles. The van der Waals surface area contributed by atoms with E-state index in [4.69, 9.17) is 0 Å². The Morgan fingerprint density at radius 1 is 1.00 bits per heavy atom. The van der Waals surface area contributed by atoms with Crippen molar-refractivity contribution >= 4 is 22.8 Å². The fourth-order valence-corrected chi connectivity index (χ4v) is 2.79. The number of nitrogens with zero attached hydrogens (tertiary/aromatic N) is 3. The van der Waals surface area contributed by atoms with Crippen LogP contribution in [-0.4, -0.2) is 19.9 Å². The summed E-state index contributed by atoms with van der Waals surface area (Å²) in [4.78, 5) is 28.2. The molecule has 0 aliphatic carbocycles. The lowest BCUT2D eigenvalue weighted by Crippen LogP contribution is -2.18. The molecule has 0 saturated carbocycles. The van der Waals surface area contributed by atoms with Gasteiger partial charge in [-0.1, -0.05) is 6.92 Å². The number of rotatable bonds is 3. The molecular formula is C18H21N5O. The number of anilines is 2. The van der Waals surface area contributed by atoms with E-state index in [-0.39, 0.29) is 5.56 Å². The Balaban J connectivity index is 2.05. The molecule has 0 unspecified atom stereocenters. The third-order valence-corrected chi connectivity index (χ3v) is 4.31. The maximum absolute atomic E-state index is 12.1. The highest BCUT2D eigenvalue weighted by Crippen LogP contribution is 2.22. The normalized spacial score (nSPS) is 11.0. The molecule has 3 aromatic rings. The Bertz CT molecular complexity index is 991. The zero-order valence-electron chi connectivity index (χ0n) is 14.6. The molecule has 2 aromatic heterocycles. The van der Waals surface area contributed by atoms with Gasteiger partial charge in [0.05, 0.1) is 11.2 Å². The smallest absolute Gasteiger partial charge is 0.255 e. The number of hydrogen-bond donors (Lipinski definition) is 2. The van der Waals surface area contributed by atoms with Crippen LogP contribution in [0.2, 0.25) is 0 Å². The lowest BCUT2D eigenvalue weighted by atomic mass is 10.1. The lowest BCUT2D eigenvalue weighted by Gasteiger charge is -2.10. The predicted octanol–water partition coefficient (Wildman–Crippen LogP) is 3.25. The molecule has 6 heteroatoms. The zero-order valence-corrected chi connectivity index (χ0v) is 14.6. The van der Waals surface area contributed by atoms with Crippen LogP contribution < -0.4 is 10.9 Å². The summed E-state index contributed by atoms with van der Waals surface area (Å²) in [5, 5.41) is 4.05. The molecule has 0 bridgehead atoms. The Morgan fingerprint density at radius 3 is 2.38 bits per heavy atom. The van der Waals surface area contributed by atoms with Crippen LogP contribution in [0.5, 0.6) is 0 Å². The van der Waals surface area contributed by atoms with E-state index in [1.165, 1.54) is 11.1 Å². The second-order valence-electron chi connectivity index (χ2n) is 6.04. The van der Waals surface area contributed by atoms with Gasteiger partial charge in [0.25, 0.3) is 5.56 Å². The molecule has 0 atom stereocenters. The van der Waals surface area contributed by atoms with Crippen molar-refractivity contribution < 1.29 is 0 Å². The molecule has 0 saturated heterocycles. The Hall–Kier alpha value is -2.76. The van der Waals surface area contributed by atoms with Gasteiger partial charge < -0.3 is 0 Å². The fraction of sp³-hybridized carbons (Fsp3) is 0.333. The quantitative estimate of drug-likeness (QED) is 0.773. The van der Waals surface area contributed by atoms with Crippen LogP contribution in [-0.2, 0) is 6.42 Å².